The number of aryl methyl sites for hydroxylation is 1. The first-order valence-corrected chi connectivity index (χ1v) is 7.86. The molecule has 1 amide bonds. The van der Waals surface area contributed by atoms with E-state index in [2.05, 4.69) is 17.9 Å². The highest BCUT2D eigenvalue weighted by atomic mass is 16.2. The average molecular weight is 274 g/mol. The Kier molecular flexibility index (Phi) is 5.60. The van der Waals surface area contributed by atoms with Gasteiger partial charge in [0, 0.05) is 18.2 Å². The molecule has 0 saturated heterocycles. The van der Waals surface area contributed by atoms with Gasteiger partial charge in [0.2, 0.25) is 0 Å². The summed E-state index contributed by atoms with van der Waals surface area (Å²) in [5, 5.41) is 0. The summed E-state index contributed by atoms with van der Waals surface area (Å²) in [6, 6.07) is 8.41. The fourth-order valence-corrected chi connectivity index (χ4v) is 3.12. The average Bonchev–Trinajstić information content (AvgIpc) is 3.01. The van der Waals surface area contributed by atoms with Gasteiger partial charge in [-0.05, 0) is 43.9 Å². The van der Waals surface area contributed by atoms with Gasteiger partial charge < -0.3 is 10.6 Å². The third-order valence-corrected chi connectivity index (χ3v) is 4.26. The molecule has 1 saturated carbocycles. The highest BCUT2D eigenvalue weighted by Gasteiger charge is 2.27. The molecule has 1 aromatic rings. The number of nitrogens with zero attached hydrogens (tertiary/aromatic N) is 1. The molecule has 3 heteroatoms. The van der Waals surface area contributed by atoms with Crippen molar-refractivity contribution in [1.82, 2.24) is 4.90 Å². The van der Waals surface area contributed by atoms with Gasteiger partial charge in [0.05, 0.1) is 0 Å². The summed E-state index contributed by atoms with van der Waals surface area (Å²) >= 11 is 0. The van der Waals surface area contributed by atoms with Crippen LogP contribution in [0.15, 0.2) is 24.3 Å². The van der Waals surface area contributed by atoms with E-state index in [1.165, 1.54) is 12.8 Å². The van der Waals surface area contributed by atoms with E-state index in [0.717, 1.165) is 43.4 Å². The van der Waals surface area contributed by atoms with E-state index < -0.39 is 0 Å². The summed E-state index contributed by atoms with van der Waals surface area (Å²) in [5.41, 5.74) is 7.65. The van der Waals surface area contributed by atoms with Gasteiger partial charge in [-0.25, -0.2) is 0 Å². The van der Waals surface area contributed by atoms with Crippen molar-refractivity contribution in [1.29, 1.82) is 0 Å². The molecule has 2 rings (SSSR count). The number of hydrogen-bond donors (Lipinski definition) is 1. The van der Waals surface area contributed by atoms with E-state index in [1.807, 2.05) is 18.2 Å². The Morgan fingerprint density at radius 3 is 2.65 bits per heavy atom. The van der Waals surface area contributed by atoms with Crippen LogP contribution in [-0.2, 0) is 6.42 Å². The van der Waals surface area contributed by atoms with E-state index in [0.29, 0.717) is 12.6 Å². The molecule has 0 bridgehead atoms. The minimum absolute atomic E-state index is 0.197. The number of amides is 1. The van der Waals surface area contributed by atoms with Crippen LogP contribution in [0, 0.1) is 0 Å². The third kappa shape index (κ3) is 3.40. The summed E-state index contributed by atoms with van der Waals surface area (Å²) in [5.74, 6) is 0.197. The van der Waals surface area contributed by atoms with Crippen molar-refractivity contribution in [2.75, 3.05) is 13.1 Å². The SMILES string of the molecule is CCc1ccccc1C(=O)N(CCCN)C1CCCC1. The van der Waals surface area contributed by atoms with Crippen LogP contribution < -0.4 is 5.73 Å². The zero-order chi connectivity index (χ0) is 14.4. The molecule has 3 nitrogen and oxygen atoms in total. The second-order valence-corrected chi connectivity index (χ2v) is 5.59. The Balaban J connectivity index is 2.20. The Bertz CT molecular complexity index is 438. The van der Waals surface area contributed by atoms with Crippen LogP contribution in [0.25, 0.3) is 0 Å². The van der Waals surface area contributed by atoms with Crippen LogP contribution in [0.2, 0.25) is 0 Å². The molecule has 0 spiro atoms. The molecular weight excluding hydrogens is 248 g/mol. The molecule has 110 valence electrons. The summed E-state index contributed by atoms with van der Waals surface area (Å²) in [6.07, 6.45) is 6.56. The first kappa shape index (κ1) is 15.0. The standard InChI is InChI=1S/C17H26N2O/c1-2-14-8-3-6-11-16(14)17(20)19(13-7-12-18)15-9-4-5-10-15/h3,6,8,11,15H,2,4-5,7,9-10,12-13,18H2,1H3. The van der Waals surface area contributed by atoms with E-state index in [-0.39, 0.29) is 5.91 Å². The molecule has 2 N–H and O–H groups in total. The molecule has 1 aliphatic carbocycles. The maximum Gasteiger partial charge on any atom is 0.254 e. The van der Waals surface area contributed by atoms with Gasteiger partial charge >= 0.3 is 0 Å². The van der Waals surface area contributed by atoms with Gasteiger partial charge in [-0.3, -0.25) is 4.79 Å². The number of hydrogen-bond acceptors (Lipinski definition) is 2. The van der Waals surface area contributed by atoms with E-state index >= 15 is 0 Å². The summed E-state index contributed by atoms with van der Waals surface area (Å²) in [4.78, 5) is 15.0. The van der Waals surface area contributed by atoms with E-state index in [1.54, 1.807) is 0 Å². The van der Waals surface area contributed by atoms with Crippen molar-refractivity contribution >= 4 is 5.91 Å². The molecule has 0 aromatic heterocycles. The maximum atomic E-state index is 12.9. The Morgan fingerprint density at radius 2 is 2.00 bits per heavy atom. The quantitative estimate of drug-likeness (QED) is 0.867. The van der Waals surface area contributed by atoms with Gasteiger partial charge in [0.15, 0.2) is 0 Å². The van der Waals surface area contributed by atoms with Crippen molar-refractivity contribution in [3.05, 3.63) is 35.4 Å². The Hall–Kier alpha value is -1.35. The third-order valence-electron chi connectivity index (χ3n) is 4.26. The first-order chi connectivity index (χ1) is 9.77. The fraction of sp³-hybridized carbons (Fsp3) is 0.588. The highest BCUT2D eigenvalue weighted by Crippen LogP contribution is 2.26. The van der Waals surface area contributed by atoms with Crippen LogP contribution >= 0.6 is 0 Å². The normalized spacial score (nSPS) is 15.5. The number of carbonyl (C=O) groups excluding carboxylic acids is 1. The molecule has 0 unspecified atom stereocenters. The van der Waals surface area contributed by atoms with Crippen LogP contribution in [0.4, 0.5) is 0 Å². The molecule has 0 heterocycles. The van der Waals surface area contributed by atoms with Crippen LogP contribution in [-0.4, -0.2) is 29.9 Å². The summed E-state index contributed by atoms with van der Waals surface area (Å²) in [6.45, 7) is 3.54. The number of rotatable bonds is 6. The zero-order valence-corrected chi connectivity index (χ0v) is 12.5. The maximum absolute atomic E-state index is 12.9. The lowest BCUT2D eigenvalue weighted by Crippen LogP contribution is -2.40. The van der Waals surface area contributed by atoms with Gasteiger partial charge in [-0.2, -0.15) is 0 Å². The van der Waals surface area contributed by atoms with Crippen LogP contribution in [0.3, 0.4) is 0 Å². The minimum Gasteiger partial charge on any atom is -0.336 e. The zero-order valence-electron chi connectivity index (χ0n) is 12.5. The van der Waals surface area contributed by atoms with E-state index in [4.69, 9.17) is 5.73 Å². The largest absolute Gasteiger partial charge is 0.336 e. The molecule has 20 heavy (non-hydrogen) atoms. The van der Waals surface area contributed by atoms with Crippen molar-refractivity contribution in [2.45, 2.75) is 51.5 Å². The molecule has 0 aliphatic heterocycles. The van der Waals surface area contributed by atoms with Crippen LogP contribution in [0.1, 0.15) is 54.9 Å². The fourth-order valence-electron chi connectivity index (χ4n) is 3.12. The van der Waals surface area contributed by atoms with Crippen molar-refractivity contribution in [2.24, 2.45) is 5.73 Å². The van der Waals surface area contributed by atoms with Gasteiger partial charge in [0.25, 0.3) is 5.91 Å². The molecule has 0 radical (unpaired) electrons. The Labute approximate surface area is 122 Å². The first-order valence-electron chi connectivity index (χ1n) is 7.86. The lowest BCUT2D eigenvalue weighted by atomic mass is 10.0. The second kappa shape index (κ2) is 7.44. The summed E-state index contributed by atoms with van der Waals surface area (Å²) < 4.78 is 0. The van der Waals surface area contributed by atoms with Gasteiger partial charge in [-0.1, -0.05) is 38.0 Å². The predicted molar refractivity (Wildman–Crippen MR) is 82.8 cm³/mol. The Morgan fingerprint density at radius 1 is 1.30 bits per heavy atom. The lowest BCUT2D eigenvalue weighted by Gasteiger charge is -2.29. The smallest absolute Gasteiger partial charge is 0.254 e. The molecule has 1 aliphatic rings. The number of nitrogens with two attached hydrogens (primary N) is 1. The molecule has 1 aromatic carbocycles. The summed E-state index contributed by atoms with van der Waals surface area (Å²) in [7, 11) is 0. The number of benzene rings is 1. The van der Waals surface area contributed by atoms with Gasteiger partial charge in [0.1, 0.15) is 0 Å². The topological polar surface area (TPSA) is 46.3 Å². The molecule has 0 atom stereocenters. The van der Waals surface area contributed by atoms with Crippen molar-refractivity contribution in [3.63, 3.8) is 0 Å². The van der Waals surface area contributed by atoms with E-state index in [9.17, 15) is 4.79 Å². The van der Waals surface area contributed by atoms with Gasteiger partial charge in [-0.15, -0.1) is 0 Å². The van der Waals surface area contributed by atoms with Crippen molar-refractivity contribution < 1.29 is 4.79 Å². The van der Waals surface area contributed by atoms with Crippen molar-refractivity contribution in [3.8, 4) is 0 Å². The predicted octanol–water partition coefficient (Wildman–Crippen LogP) is 2.98. The monoisotopic (exact) mass is 274 g/mol. The second-order valence-electron chi connectivity index (χ2n) is 5.59. The lowest BCUT2D eigenvalue weighted by molar-refractivity contribution is 0.0679. The molecular formula is C17H26N2O. The highest BCUT2D eigenvalue weighted by molar-refractivity contribution is 5.96. The minimum atomic E-state index is 0.197. The number of carbonyl (C=O) groups is 1. The molecule has 1 fully saturated rings. The van der Waals surface area contributed by atoms with Crippen LogP contribution in [0.5, 0.6) is 0 Å².